The number of aryl methyl sites for hydroxylation is 1. The minimum Gasteiger partial charge on any atom is -0.457 e. The van der Waals surface area contributed by atoms with Gasteiger partial charge in [-0.15, -0.1) is 0 Å². The normalized spacial score (nSPS) is 22.1. The summed E-state index contributed by atoms with van der Waals surface area (Å²) >= 11 is 3.26. The van der Waals surface area contributed by atoms with Crippen LogP contribution in [0.2, 0.25) is 0 Å². The van der Waals surface area contributed by atoms with E-state index in [1.807, 2.05) is 6.07 Å². The third kappa shape index (κ3) is 2.07. The van der Waals surface area contributed by atoms with E-state index in [0.717, 1.165) is 24.1 Å². The topological polar surface area (TPSA) is 25.7 Å². The van der Waals surface area contributed by atoms with Gasteiger partial charge in [-0.3, -0.25) is 0 Å². The van der Waals surface area contributed by atoms with Crippen LogP contribution in [0.5, 0.6) is 0 Å². The summed E-state index contributed by atoms with van der Waals surface area (Å²) in [6.07, 6.45) is 4.47. The molecule has 1 fully saturated rings. The lowest BCUT2D eigenvalue weighted by Gasteiger charge is -1.89. The Labute approximate surface area is 73.7 Å². The maximum Gasteiger partial charge on any atom is 0.169 e. The number of rotatable bonds is 3. The summed E-state index contributed by atoms with van der Waals surface area (Å²) in [4.78, 5) is 0. The molecule has 60 valence electrons. The second-order valence-corrected chi connectivity index (χ2v) is 3.53. The van der Waals surface area contributed by atoms with Crippen molar-refractivity contribution in [2.24, 2.45) is 0 Å². The second-order valence-electron chi connectivity index (χ2n) is 2.75. The predicted octanol–water partition coefficient (Wildman–Crippen LogP) is 2.37. The first kappa shape index (κ1) is 7.37. The number of ether oxygens (including phenoxy) is 1. The van der Waals surface area contributed by atoms with E-state index in [1.165, 1.54) is 5.56 Å². The monoisotopic (exact) mass is 216 g/mol. The van der Waals surface area contributed by atoms with Gasteiger partial charge in [0.15, 0.2) is 4.67 Å². The first-order chi connectivity index (χ1) is 5.34. The van der Waals surface area contributed by atoms with E-state index < -0.39 is 0 Å². The van der Waals surface area contributed by atoms with E-state index in [4.69, 9.17) is 9.15 Å². The summed E-state index contributed by atoms with van der Waals surface area (Å²) in [5.74, 6) is 0. The van der Waals surface area contributed by atoms with Crippen LogP contribution in [-0.2, 0) is 11.2 Å². The summed E-state index contributed by atoms with van der Waals surface area (Å²) in [5.41, 5.74) is 1.24. The highest BCUT2D eigenvalue weighted by Crippen LogP contribution is 2.19. The summed E-state index contributed by atoms with van der Waals surface area (Å²) in [7, 11) is 0. The van der Waals surface area contributed by atoms with Crippen LogP contribution in [0.15, 0.2) is 21.4 Å². The smallest absolute Gasteiger partial charge is 0.169 e. The first-order valence-electron chi connectivity index (χ1n) is 3.69. The fourth-order valence-corrected chi connectivity index (χ4v) is 1.43. The number of epoxide rings is 1. The highest BCUT2D eigenvalue weighted by atomic mass is 79.9. The van der Waals surface area contributed by atoms with Crippen molar-refractivity contribution in [1.82, 2.24) is 0 Å². The largest absolute Gasteiger partial charge is 0.457 e. The fourth-order valence-electron chi connectivity index (χ4n) is 1.04. The van der Waals surface area contributed by atoms with Gasteiger partial charge in [-0.25, -0.2) is 0 Å². The van der Waals surface area contributed by atoms with Crippen molar-refractivity contribution < 1.29 is 9.15 Å². The van der Waals surface area contributed by atoms with Gasteiger partial charge in [-0.1, -0.05) is 0 Å². The quantitative estimate of drug-likeness (QED) is 0.726. The Balaban J connectivity index is 1.85. The molecule has 1 aliphatic rings. The average molecular weight is 217 g/mol. The van der Waals surface area contributed by atoms with Gasteiger partial charge in [-0.2, -0.15) is 0 Å². The Hall–Kier alpha value is -0.280. The van der Waals surface area contributed by atoms with Gasteiger partial charge < -0.3 is 9.15 Å². The number of hydrogen-bond donors (Lipinski definition) is 0. The molecule has 1 aliphatic heterocycles. The predicted molar refractivity (Wildman–Crippen MR) is 44.5 cm³/mol. The van der Waals surface area contributed by atoms with Crippen LogP contribution < -0.4 is 0 Å². The average Bonchev–Trinajstić information content (AvgIpc) is 2.72. The number of halogens is 1. The highest BCUT2D eigenvalue weighted by molar-refractivity contribution is 9.10. The van der Waals surface area contributed by atoms with Gasteiger partial charge in [0.1, 0.15) is 0 Å². The van der Waals surface area contributed by atoms with Crippen LogP contribution in [-0.4, -0.2) is 12.7 Å². The Kier molecular flexibility index (Phi) is 2.00. The van der Waals surface area contributed by atoms with Crippen molar-refractivity contribution in [3.8, 4) is 0 Å². The van der Waals surface area contributed by atoms with Crippen LogP contribution >= 0.6 is 15.9 Å². The highest BCUT2D eigenvalue weighted by Gasteiger charge is 2.21. The maximum absolute atomic E-state index is 5.09. The van der Waals surface area contributed by atoms with Crippen molar-refractivity contribution in [3.05, 3.63) is 22.6 Å². The number of furan rings is 1. The Bertz CT molecular complexity index is 240. The molecule has 11 heavy (non-hydrogen) atoms. The molecule has 2 rings (SSSR count). The molecule has 1 saturated heterocycles. The Morgan fingerprint density at radius 2 is 2.45 bits per heavy atom. The molecule has 1 aromatic heterocycles. The molecular formula is C8H9BrO2. The summed E-state index contributed by atoms with van der Waals surface area (Å²) < 4.78 is 11.0. The van der Waals surface area contributed by atoms with Crippen molar-refractivity contribution in [1.29, 1.82) is 0 Å². The van der Waals surface area contributed by atoms with Crippen molar-refractivity contribution in [3.63, 3.8) is 0 Å². The van der Waals surface area contributed by atoms with Crippen molar-refractivity contribution in [2.45, 2.75) is 18.9 Å². The Morgan fingerprint density at radius 1 is 1.64 bits per heavy atom. The molecule has 1 atom stereocenters. The first-order valence-corrected chi connectivity index (χ1v) is 4.48. The zero-order valence-corrected chi connectivity index (χ0v) is 7.63. The molecule has 0 bridgehead atoms. The molecule has 0 N–H and O–H groups in total. The van der Waals surface area contributed by atoms with Crippen molar-refractivity contribution >= 4 is 15.9 Å². The molecule has 2 heterocycles. The molecule has 0 radical (unpaired) electrons. The van der Waals surface area contributed by atoms with E-state index in [-0.39, 0.29) is 0 Å². The molecule has 0 saturated carbocycles. The lowest BCUT2D eigenvalue weighted by atomic mass is 10.1. The summed E-state index contributed by atoms with van der Waals surface area (Å²) in [6.45, 7) is 0.943. The standard InChI is InChI=1S/C8H9BrO2/c9-8-3-6(4-11-8)1-2-7-5-10-7/h3-4,7H,1-2,5H2. The zero-order valence-electron chi connectivity index (χ0n) is 6.05. The lowest BCUT2D eigenvalue weighted by Crippen LogP contribution is -1.88. The SMILES string of the molecule is Brc1cc(CCC2CO2)co1. The van der Waals surface area contributed by atoms with Crippen molar-refractivity contribution in [2.75, 3.05) is 6.61 Å². The van der Waals surface area contributed by atoms with Gasteiger partial charge in [0.2, 0.25) is 0 Å². The second kappa shape index (κ2) is 2.99. The molecule has 3 heteroatoms. The number of hydrogen-bond acceptors (Lipinski definition) is 2. The minimum absolute atomic E-state index is 0.517. The van der Waals surface area contributed by atoms with Crippen LogP contribution in [0.3, 0.4) is 0 Å². The molecular weight excluding hydrogens is 208 g/mol. The van der Waals surface area contributed by atoms with E-state index in [0.29, 0.717) is 6.10 Å². The van der Waals surface area contributed by atoms with Crippen LogP contribution in [0.1, 0.15) is 12.0 Å². The molecule has 1 aromatic rings. The van der Waals surface area contributed by atoms with Crippen LogP contribution in [0.4, 0.5) is 0 Å². The fraction of sp³-hybridized carbons (Fsp3) is 0.500. The lowest BCUT2D eigenvalue weighted by molar-refractivity contribution is 0.396. The third-order valence-electron chi connectivity index (χ3n) is 1.78. The van der Waals surface area contributed by atoms with Gasteiger partial charge >= 0.3 is 0 Å². The van der Waals surface area contributed by atoms with Gasteiger partial charge in [-0.05, 0) is 40.4 Å². The minimum atomic E-state index is 0.517. The Morgan fingerprint density at radius 3 is 3.00 bits per heavy atom. The van der Waals surface area contributed by atoms with E-state index >= 15 is 0 Å². The molecule has 2 nitrogen and oxygen atoms in total. The van der Waals surface area contributed by atoms with Gasteiger partial charge in [0.05, 0.1) is 19.0 Å². The summed E-state index contributed by atoms with van der Waals surface area (Å²) in [5, 5.41) is 0. The third-order valence-corrected chi connectivity index (χ3v) is 2.19. The maximum atomic E-state index is 5.09. The van der Waals surface area contributed by atoms with Crippen LogP contribution in [0.25, 0.3) is 0 Å². The summed E-state index contributed by atoms with van der Waals surface area (Å²) in [6, 6.07) is 2.00. The van der Waals surface area contributed by atoms with Gasteiger partial charge in [0, 0.05) is 0 Å². The molecule has 0 aromatic carbocycles. The van der Waals surface area contributed by atoms with Gasteiger partial charge in [0.25, 0.3) is 0 Å². The van der Waals surface area contributed by atoms with E-state index in [9.17, 15) is 0 Å². The molecule has 0 spiro atoms. The zero-order chi connectivity index (χ0) is 7.68. The van der Waals surface area contributed by atoms with E-state index in [1.54, 1.807) is 6.26 Å². The van der Waals surface area contributed by atoms with Crippen LogP contribution in [0, 0.1) is 0 Å². The molecule has 0 amide bonds. The van der Waals surface area contributed by atoms with E-state index in [2.05, 4.69) is 15.9 Å². The molecule has 1 unspecified atom stereocenters. The molecule has 0 aliphatic carbocycles.